The summed E-state index contributed by atoms with van der Waals surface area (Å²) in [6, 6.07) is 3.51. The number of rotatable bonds is 6. The smallest absolute Gasteiger partial charge is 0.451 e. The Balaban J connectivity index is 1.52. The molecule has 0 saturated heterocycles. The fourth-order valence-corrected chi connectivity index (χ4v) is 2.40. The number of H-pyrrole nitrogens is 1. The van der Waals surface area contributed by atoms with Crippen molar-refractivity contribution in [3.8, 4) is 5.88 Å². The lowest BCUT2D eigenvalue weighted by atomic mass is 10.2. The predicted molar refractivity (Wildman–Crippen MR) is 86.5 cm³/mol. The number of aromatic amines is 1. The van der Waals surface area contributed by atoms with Gasteiger partial charge < -0.3 is 15.0 Å². The van der Waals surface area contributed by atoms with E-state index in [0.717, 1.165) is 5.56 Å². The van der Waals surface area contributed by atoms with Crippen LogP contribution < -0.4 is 10.1 Å². The normalized spacial score (nSPS) is 14.6. The standard InChI is InChI=1S/C16H15F3N6O/c17-16(18,19)15-24-13(12-14(25-15)23-8-22-12)21-6-10-3-4-20-11(5-10)26-7-9-1-2-9/h3-5,8-9H,1-2,6-7H2,(H2,21,22,23,24,25). The highest BCUT2D eigenvalue weighted by Crippen LogP contribution is 2.30. The van der Waals surface area contributed by atoms with Crippen LogP contribution in [0, 0.1) is 5.92 Å². The van der Waals surface area contributed by atoms with Gasteiger partial charge in [0.2, 0.25) is 11.7 Å². The predicted octanol–water partition coefficient (Wildman–Crippen LogP) is 3.17. The molecule has 3 aromatic heterocycles. The summed E-state index contributed by atoms with van der Waals surface area (Å²) in [4.78, 5) is 17.7. The summed E-state index contributed by atoms with van der Waals surface area (Å²) in [5.74, 6) is -0.0875. The lowest BCUT2D eigenvalue weighted by Gasteiger charge is -2.11. The van der Waals surface area contributed by atoms with Gasteiger partial charge in [-0.15, -0.1) is 0 Å². The molecule has 0 atom stereocenters. The third-order valence-electron chi connectivity index (χ3n) is 3.96. The number of nitrogens with one attached hydrogen (secondary N) is 2. The number of ether oxygens (including phenoxy) is 1. The monoisotopic (exact) mass is 364 g/mol. The van der Waals surface area contributed by atoms with Crippen LogP contribution in [-0.2, 0) is 12.7 Å². The van der Waals surface area contributed by atoms with Crippen LogP contribution in [0.3, 0.4) is 0 Å². The largest absolute Gasteiger partial charge is 0.477 e. The summed E-state index contributed by atoms with van der Waals surface area (Å²) < 4.78 is 44.5. The Bertz CT molecular complexity index is 922. The number of fused-ring (bicyclic) bond motifs is 1. The van der Waals surface area contributed by atoms with Crippen LogP contribution in [0.2, 0.25) is 0 Å². The van der Waals surface area contributed by atoms with Crippen LogP contribution in [0.25, 0.3) is 11.2 Å². The second-order valence-corrected chi connectivity index (χ2v) is 6.10. The van der Waals surface area contributed by atoms with E-state index in [-0.39, 0.29) is 18.0 Å². The van der Waals surface area contributed by atoms with Gasteiger partial charge in [0.05, 0.1) is 12.9 Å². The van der Waals surface area contributed by atoms with E-state index in [9.17, 15) is 13.2 Å². The maximum absolute atomic E-state index is 13.0. The van der Waals surface area contributed by atoms with Crippen molar-refractivity contribution in [2.45, 2.75) is 25.6 Å². The molecule has 0 aliphatic heterocycles. The Hall–Kier alpha value is -2.91. The van der Waals surface area contributed by atoms with Crippen LogP contribution in [0.4, 0.5) is 19.0 Å². The number of nitrogens with zero attached hydrogens (tertiary/aromatic N) is 4. The lowest BCUT2D eigenvalue weighted by molar-refractivity contribution is -0.144. The highest BCUT2D eigenvalue weighted by molar-refractivity contribution is 5.82. The summed E-state index contributed by atoms with van der Waals surface area (Å²) in [7, 11) is 0. The van der Waals surface area contributed by atoms with Gasteiger partial charge in [0.15, 0.2) is 11.5 Å². The molecule has 1 saturated carbocycles. The minimum Gasteiger partial charge on any atom is -0.477 e. The van der Waals surface area contributed by atoms with Crippen molar-refractivity contribution >= 4 is 17.0 Å². The average molecular weight is 364 g/mol. The van der Waals surface area contributed by atoms with E-state index in [0.29, 0.717) is 23.9 Å². The molecule has 4 rings (SSSR count). The number of pyridine rings is 1. The molecule has 0 unspecified atom stereocenters. The SMILES string of the molecule is FC(F)(F)c1nc(NCc2ccnc(OCC3CC3)c2)c2[nH]cnc2n1. The van der Waals surface area contributed by atoms with Crippen molar-refractivity contribution < 1.29 is 17.9 Å². The first-order valence-corrected chi connectivity index (χ1v) is 8.09. The molecule has 0 radical (unpaired) electrons. The number of hydrogen-bond donors (Lipinski definition) is 2. The molecule has 0 spiro atoms. The molecule has 7 nitrogen and oxygen atoms in total. The molecule has 10 heteroatoms. The van der Waals surface area contributed by atoms with E-state index in [1.54, 1.807) is 18.3 Å². The number of aromatic nitrogens is 5. The first-order chi connectivity index (χ1) is 12.5. The molecular formula is C16H15F3N6O. The first kappa shape index (κ1) is 16.6. The second-order valence-electron chi connectivity index (χ2n) is 6.10. The highest BCUT2D eigenvalue weighted by atomic mass is 19.4. The molecule has 1 aliphatic carbocycles. The Morgan fingerprint density at radius 3 is 2.85 bits per heavy atom. The van der Waals surface area contributed by atoms with E-state index in [1.165, 1.54) is 19.2 Å². The molecular weight excluding hydrogens is 349 g/mol. The van der Waals surface area contributed by atoms with Gasteiger partial charge in [-0.1, -0.05) is 0 Å². The van der Waals surface area contributed by atoms with E-state index < -0.39 is 12.0 Å². The highest BCUT2D eigenvalue weighted by Gasteiger charge is 2.36. The Labute approximate surface area is 146 Å². The van der Waals surface area contributed by atoms with Crippen LogP contribution in [0.1, 0.15) is 24.2 Å². The van der Waals surface area contributed by atoms with Crippen LogP contribution in [0.5, 0.6) is 5.88 Å². The zero-order chi connectivity index (χ0) is 18.1. The van der Waals surface area contributed by atoms with Crippen molar-refractivity contribution in [2.75, 3.05) is 11.9 Å². The molecule has 136 valence electrons. The molecule has 1 aliphatic rings. The zero-order valence-electron chi connectivity index (χ0n) is 13.5. The van der Waals surface area contributed by atoms with E-state index in [2.05, 4.69) is 30.2 Å². The topological polar surface area (TPSA) is 88.6 Å². The van der Waals surface area contributed by atoms with Gasteiger partial charge in [-0.2, -0.15) is 13.2 Å². The molecule has 1 fully saturated rings. The van der Waals surface area contributed by atoms with Crippen LogP contribution in [0.15, 0.2) is 24.7 Å². The van der Waals surface area contributed by atoms with Gasteiger partial charge in [0, 0.05) is 18.8 Å². The summed E-state index contributed by atoms with van der Waals surface area (Å²) in [6.45, 7) is 0.893. The summed E-state index contributed by atoms with van der Waals surface area (Å²) in [5.41, 5.74) is 1.08. The molecule has 3 heterocycles. The van der Waals surface area contributed by atoms with Gasteiger partial charge in [-0.25, -0.2) is 19.9 Å². The molecule has 3 aromatic rings. The summed E-state index contributed by atoms with van der Waals surface area (Å²) in [6.07, 6.45) is 0.588. The molecule has 0 aromatic carbocycles. The van der Waals surface area contributed by atoms with Crippen LogP contribution >= 0.6 is 0 Å². The number of hydrogen-bond acceptors (Lipinski definition) is 6. The van der Waals surface area contributed by atoms with Crippen molar-refractivity contribution in [1.82, 2.24) is 24.9 Å². The van der Waals surface area contributed by atoms with Gasteiger partial charge >= 0.3 is 6.18 Å². The maximum Gasteiger partial charge on any atom is 0.451 e. The third-order valence-corrected chi connectivity index (χ3v) is 3.96. The minimum absolute atomic E-state index is 0.0390. The van der Waals surface area contributed by atoms with E-state index in [1.807, 2.05) is 0 Å². The second kappa shape index (κ2) is 6.43. The average Bonchev–Trinajstić information content (AvgIpc) is 3.32. The Morgan fingerprint density at radius 2 is 2.08 bits per heavy atom. The maximum atomic E-state index is 13.0. The number of alkyl halides is 3. The summed E-state index contributed by atoms with van der Waals surface area (Å²) in [5, 5.41) is 2.90. The third kappa shape index (κ3) is 3.68. The first-order valence-electron chi connectivity index (χ1n) is 8.09. The summed E-state index contributed by atoms with van der Waals surface area (Å²) >= 11 is 0. The quantitative estimate of drug-likeness (QED) is 0.698. The number of anilines is 1. The fraction of sp³-hybridized carbons (Fsp3) is 0.375. The van der Waals surface area contributed by atoms with E-state index >= 15 is 0 Å². The lowest BCUT2D eigenvalue weighted by Crippen LogP contribution is -2.13. The minimum atomic E-state index is -4.65. The Morgan fingerprint density at radius 1 is 1.23 bits per heavy atom. The van der Waals surface area contributed by atoms with Gasteiger partial charge in [0.25, 0.3) is 0 Å². The van der Waals surface area contributed by atoms with Crippen LogP contribution in [-0.4, -0.2) is 31.5 Å². The number of halogens is 3. The number of imidazole rings is 1. The van der Waals surface area contributed by atoms with E-state index in [4.69, 9.17) is 4.74 Å². The van der Waals surface area contributed by atoms with Gasteiger partial charge in [-0.3, -0.25) is 0 Å². The van der Waals surface area contributed by atoms with Crippen molar-refractivity contribution in [3.05, 3.63) is 36.0 Å². The van der Waals surface area contributed by atoms with Crippen molar-refractivity contribution in [2.24, 2.45) is 5.92 Å². The molecule has 26 heavy (non-hydrogen) atoms. The van der Waals surface area contributed by atoms with Crippen molar-refractivity contribution in [3.63, 3.8) is 0 Å². The molecule has 2 N–H and O–H groups in total. The molecule has 0 amide bonds. The van der Waals surface area contributed by atoms with Gasteiger partial charge in [-0.05, 0) is 30.4 Å². The molecule has 0 bridgehead atoms. The Kier molecular flexibility index (Phi) is 4.09. The van der Waals surface area contributed by atoms with Gasteiger partial charge in [0.1, 0.15) is 5.52 Å². The zero-order valence-corrected chi connectivity index (χ0v) is 13.5. The van der Waals surface area contributed by atoms with Crippen molar-refractivity contribution in [1.29, 1.82) is 0 Å². The fourth-order valence-electron chi connectivity index (χ4n) is 2.40.